The molecule has 18 heavy (non-hydrogen) atoms. The van der Waals surface area contributed by atoms with Gasteiger partial charge in [0.15, 0.2) is 0 Å². The molecule has 0 aliphatic rings. The normalized spacial score (nSPS) is 12.4. The van der Waals surface area contributed by atoms with Gasteiger partial charge >= 0.3 is 0 Å². The van der Waals surface area contributed by atoms with Crippen LogP contribution >= 0.6 is 0 Å². The van der Waals surface area contributed by atoms with Crippen LogP contribution in [0.1, 0.15) is 26.3 Å². The summed E-state index contributed by atoms with van der Waals surface area (Å²) in [6, 6.07) is 11.1. The van der Waals surface area contributed by atoms with E-state index >= 15 is 0 Å². The third-order valence-electron chi connectivity index (χ3n) is 3.14. The first-order chi connectivity index (χ1) is 8.59. The van der Waals surface area contributed by atoms with Crippen molar-refractivity contribution in [3.63, 3.8) is 0 Å². The van der Waals surface area contributed by atoms with Crippen molar-refractivity contribution in [2.24, 2.45) is 0 Å². The van der Waals surface area contributed by atoms with Gasteiger partial charge in [-0.05, 0) is 33.4 Å². The fraction of sp³-hybridized carbons (Fsp3) is 0.500. The lowest BCUT2D eigenvalue weighted by atomic mass is 10.1. The van der Waals surface area contributed by atoms with Gasteiger partial charge in [0.25, 0.3) is 0 Å². The van der Waals surface area contributed by atoms with Gasteiger partial charge < -0.3 is 10.2 Å². The lowest BCUT2D eigenvalue weighted by molar-refractivity contribution is 0.274. The first-order valence-electron chi connectivity index (χ1n) is 6.73. The molecule has 0 saturated heterocycles. The van der Waals surface area contributed by atoms with Crippen LogP contribution in [0.4, 0.5) is 0 Å². The van der Waals surface area contributed by atoms with E-state index < -0.39 is 0 Å². The van der Waals surface area contributed by atoms with E-state index in [1.807, 2.05) is 6.07 Å². The number of hydrogen-bond acceptors (Lipinski definition) is 2. The Morgan fingerprint density at radius 1 is 1.28 bits per heavy atom. The Hall–Kier alpha value is -1.12. The second-order valence-corrected chi connectivity index (χ2v) is 5.15. The minimum atomic E-state index is 0.618. The van der Waals surface area contributed by atoms with Crippen LogP contribution in [-0.2, 0) is 0 Å². The summed E-state index contributed by atoms with van der Waals surface area (Å²) in [5, 5.41) is 3.48. The molecule has 0 spiro atoms. The minimum Gasteiger partial charge on any atom is -0.312 e. The Morgan fingerprint density at radius 2 is 1.94 bits per heavy atom. The van der Waals surface area contributed by atoms with Crippen LogP contribution in [0, 0.1) is 0 Å². The number of nitrogens with zero attached hydrogens (tertiary/aromatic N) is 1. The van der Waals surface area contributed by atoms with Crippen molar-refractivity contribution < 1.29 is 0 Å². The molecule has 0 atom stereocenters. The van der Waals surface area contributed by atoms with Crippen molar-refractivity contribution in [1.82, 2.24) is 10.2 Å². The molecule has 0 aliphatic heterocycles. The molecule has 0 fully saturated rings. The Morgan fingerprint density at radius 3 is 2.56 bits per heavy atom. The van der Waals surface area contributed by atoms with Gasteiger partial charge in [0, 0.05) is 25.7 Å². The Bertz CT molecular complexity index is 355. The SMILES string of the molecule is C/C(=C\c1ccccc1)CNCCN(C)C(C)C. The predicted molar refractivity (Wildman–Crippen MR) is 80.7 cm³/mol. The second kappa shape index (κ2) is 8.06. The second-order valence-electron chi connectivity index (χ2n) is 5.15. The first-order valence-corrected chi connectivity index (χ1v) is 6.73. The van der Waals surface area contributed by atoms with E-state index in [0.717, 1.165) is 19.6 Å². The van der Waals surface area contributed by atoms with Crippen molar-refractivity contribution in [3.05, 3.63) is 41.5 Å². The molecule has 100 valence electrons. The van der Waals surface area contributed by atoms with E-state index in [9.17, 15) is 0 Å². The third kappa shape index (κ3) is 5.99. The highest BCUT2D eigenvalue weighted by molar-refractivity contribution is 5.52. The number of hydrogen-bond donors (Lipinski definition) is 1. The van der Waals surface area contributed by atoms with Crippen LogP contribution in [0.5, 0.6) is 0 Å². The molecule has 0 aliphatic carbocycles. The Labute approximate surface area is 112 Å². The maximum absolute atomic E-state index is 3.48. The van der Waals surface area contributed by atoms with Crippen molar-refractivity contribution >= 4 is 6.08 Å². The fourth-order valence-electron chi connectivity index (χ4n) is 1.68. The van der Waals surface area contributed by atoms with Crippen LogP contribution in [0.2, 0.25) is 0 Å². The molecule has 1 aromatic carbocycles. The molecule has 1 N–H and O–H groups in total. The van der Waals surface area contributed by atoms with Crippen molar-refractivity contribution in [1.29, 1.82) is 0 Å². The summed E-state index contributed by atoms with van der Waals surface area (Å²) >= 11 is 0. The van der Waals surface area contributed by atoms with E-state index in [-0.39, 0.29) is 0 Å². The lowest BCUT2D eigenvalue weighted by Gasteiger charge is -2.20. The standard InChI is InChI=1S/C16H26N2/c1-14(2)18(4)11-10-17-13-15(3)12-16-8-6-5-7-9-16/h5-9,12,14,17H,10-11,13H2,1-4H3/b15-12+. The number of rotatable bonds is 7. The maximum Gasteiger partial charge on any atom is 0.0165 e. The Balaban J connectivity index is 2.25. The molecule has 1 rings (SSSR count). The molecule has 0 aromatic heterocycles. The van der Waals surface area contributed by atoms with Gasteiger partial charge in [-0.15, -0.1) is 0 Å². The summed E-state index contributed by atoms with van der Waals surface area (Å²) in [4.78, 5) is 2.35. The van der Waals surface area contributed by atoms with Gasteiger partial charge in [-0.3, -0.25) is 0 Å². The van der Waals surface area contributed by atoms with Crippen molar-refractivity contribution in [2.75, 3.05) is 26.7 Å². The highest BCUT2D eigenvalue weighted by Gasteiger charge is 2.01. The van der Waals surface area contributed by atoms with E-state index in [4.69, 9.17) is 0 Å². The molecule has 2 heteroatoms. The van der Waals surface area contributed by atoms with E-state index in [1.165, 1.54) is 11.1 Å². The predicted octanol–water partition coefficient (Wildman–Crippen LogP) is 3.02. The number of nitrogens with one attached hydrogen (secondary N) is 1. The molecule has 0 amide bonds. The Kier molecular flexibility index (Phi) is 6.69. The summed E-state index contributed by atoms with van der Waals surface area (Å²) in [6.45, 7) is 9.71. The number of benzene rings is 1. The highest BCUT2D eigenvalue weighted by Crippen LogP contribution is 2.05. The van der Waals surface area contributed by atoms with Gasteiger partial charge in [-0.2, -0.15) is 0 Å². The topological polar surface area (TPSA) is 15.3 Å². The van der Waals surface area contributed by atoms with Gasteiger partial charge in [0.1, 0.15) is 0 Å². The fourth-order valence-corrected chi connectivity index (χ4v) is 1.68. The van der Waals surface area contributed by atoms with Gasteiger partial charge in [0.05, 0.1) is 0 Å². The average Bonchev–Trinajstić information content (AvgIpc) is 2.35. The zero-order valence-electron chi connectivity index (χ0n) is 12.1. The lowest BCUT2D eigenvalue weighted by Crippen LogP contribution is -2.34. The summed E-state index contributed by atoms with van der Waals surface area (Å²) in [6.07, 6.45) is 2.24. The molecule has 1 aromatic rings. The zero-order valence-corrected chi connectivity index (χ0v) is 12.1. The molecule has 0 saturated carbocycles. The molecular formula is C16H26N2. The maximum atomic E-state index is 3.48. The first kappa shape index (κ1) is 14.9. The van der Waals surface area contributed by atoms with E-state index in [2.05, 4.69) is 68.4 Å². The smallest absolute Gasteiger partial charge is 0.0165 e. The monoisotopic (exact) mass is 246 g/mol. The van der Waals surface area contributed by atoms with Gasteiger partial charge in [-0.25, -0.2) is 0 Å². The van der Waals surface area contributed by atoms with Crippen LogP contribution in [0.15, 0.2) is 35.9 Å². The van der Waals surface area contributed by atoms with Crippen LogP contribution in [-0.4, -0.2) is 37.6 Å². The molecule has 0 bridgehead atoms. The van der Waals surface area contributed by atoms with E-state index in [1.54, 1.807) is 0 Å². The van der Waals surface area contributed by atoms with Gasteiger partial charge in [-0.1, -0.05) is 42.0 Å². The minimum absolute atomic E-state index is 0.618. The van der Waals surface area contributed by atoms with Crippen molar-refractivity contribution in [3.8, 4) is 0 Å². The van der Waals surface area contributed by atoms with Gasteiger partial charge in [0.2, 0.25) is 0 Å². The van der Waals surface area contributed by atoms with E-state index in [0.29, 0.717) is 6.04 Å². The summed E-state index contributed by atoms with van der Waals surface area (Å²) in [5.74, 6) is 0. The zero-order chi connectivity index (χ0) is 13.4. The quantitative estimate of drug-likeness (QED) is 0.744. The molecule has 0 heterocycles. The summed E-state index contributed by atoms with van der Waals surface area (Å²) < 4.78 is 0. The molecular weight excluding hydrogens is 220 g/mol. The van der Waals surface area contributed by atoms with Crippen LogP contribution in [0.25, 0.3) is 6.08 Å². The number of likely N-dealkylation sites (N-methyl/N-ethyl adjacent to an activating group) is 1. The average molecular weight is 246 g/mol. The van der Waals surface area contributed by atoms with Crippen molar-refractivity contribution in [2.45, 2.75) is 26.8 Å². The summed E-state index contributed by atoms with van der Waals surface area (Å²) in [7, 11) is 2.17. The summed E-state index contributed by atoms with van der Waals surface area (Å²) in [5.41, 5.74) is 2.64. The highest BCUT2D eigenvalue weighted by atomic mass is 15.1. The van der Waals surface area contributed by atoms with Crippen LogP contribution in [0.3, 0.4) is 0 Å². The van der Waals surface area contributed by atoms with Crippen LogP contribution < -0.4 is 5.32 Å². The molecule has 2 nitrogen and oxygen atoms in total. The molecule has 0 radical (unpaired) electrons. The molecule has 0 unspecified atom stereocenters. The largest absolute Gasteiger partial charge is 0.312 e. The third-order valence-corrected chi connectivity index (χ3v) is 3.14.